The molecule has 0 radical (unpaired) electrons. The number of carbonyl (C=O) groups excluding carboxylic acids is 1. The van der Waals surface area contributed by atoms with Crippen LogP contribution in [0.25, 0.3) is 16.6 Å². The van der Waals surface area contributed by atoms with Gasteiger partial charge in [-0.2, -0.15) is 0 Å². The predicted octanol–water partition coefficient (Wildman–Crippen LogP) is 5.06. The third-order valence-electron chi connectivity index (χ3n) is 4.85. The normalized spacial score (nSPS) is 12.4. The average molecular weight is 453 g/mol. The Morgan fingerprint density at radius 3 is 2.52 bits per heavy atom. The van der Waals surface area contributed by atoms with Crippen LogP contribution in [0.3, 0.4) is 0 Å². The van der Waals surface area contributed by atoms with E-state index < -0.39 is 16.8 Å². The summed E-state index contributed by atoms with van der Waals surface area (Å²) in [6, 6.07) is 11.8. The zero-order chi connectivity index (χ0) is 21.3. The van der Waals surface area contributed by atoms with Crippen molar-refractivity contribution in [2.45, 2.75) is 31.6 Å². The lowest BCUT2D eigenvalue weighted by Crippen LogP contribution is -2.39. The predicted molar refractivity (Wildman–Crippen MR) is 118 cm³/mol. The van der Waals surface area contributed by atoms with Crippen LogP contribution in [-0.2, 0) is 4.79 Å². The Morgan fingerprint density at radius 2 is 1.90 bits per heavy atom. The van der Waals surface area contributed by atoms with E-state index in [9.17, 15) is 9.59 Å². The van der Waals surface area contributed by atoms with Gasteiger partial charge in [0.1, 0.15) is 5.82 Å². The fourth-order valence-corrected chi connectivity index (χ4v) is 3.90. The lowest BCUT2D eigenvalue weighted by molar-refractivity contribution is -0.131. The van der Waals surface area contributed by atoms with Gasteiger partial charge in [0.25, 0.3) is 11.5 Å². The van der Waals surface area contributed by atoms with Crippen LogP contribution in [-0.4, -0.2) is 31.7 Å². The molecule has 0 bridgehead atoms. The minimum Gasteiger partial charge on any atom is -0.331 e. The van der Waals surface area contributed by atoms with E-state index in [1.165, 1.54) is 9.47 Å². The number of para-hydroxylation sites is 1. The third kappa shape index (κ3) is 4.13. The molecule has 1 aromatic heterocycles. The van der Waals surface area contributed by atoms with Crippen molar-refractivity contribution in [2.75, 3.05) is 6.54 Å². The van der Waals surface area contributed by atoms with E-state index in [-0.39, 0.29) is 5.56 Å². The van der Waals surface area contributed by atoms with Crippen LogP contribution in [0.5, 0.6) is 0 Å². The summed E-state index contributed by atoms with van der Waals surface area (Å²) in [4.78, 5) is 31.0. The quantitative estimate of drug-likeness (QED) is 0.508. The maximum absolute atomic E-state index is 13.4. The standard InChI is InChI=1S/C21H20Cl3N3O2/c1-4-26(21(29)18(23)24)13(3)19-25-16-8-6-5-7-15(16)20(28)27(19)17-10-9-14(22)11-12(17)2/h5-11,13,18H,4H2,1-3H3. The number of aromatic nitrogens is 2. The molecular formula is C21H20Cl3N3O2. The van der Waals surface area contributed by atoms with Crippen molar-refractivity contribution in [2.24, 2.45) is 0 Å². The van der Waals surface area contributed by atoms with Gasteiger partial charge in [-0.15, -0.1) is 0 Å². The first-order valence-corrected chi connectivity index (χ1v) is 10.4. The van der Waals surface area contributed by atoms with E-state index in [2.05, 4.69) is 0 Å². The second kappa shape index (κ2) is 8.74. The highest BCUT2D eigenvalue weighted by molar-refractivity contribution is 6.53. The van der Waals surface area contributed by atoms with E-state index in [0.717, 1.165) is 5.56 Å². The molecule has 3 aromatic rings. The number of fused-ring (bicyclic) bond motifs is 1. The van der Waals surface area contributed by atoms with Crippen LogP contribution in [0.2, 0.25) is 5.02 Å². The molecule has 1 heterocycles. The molecule has 1 unspecified atom stereocenters. The first-order chi connectivity index (χ1) is 13.8. The van der Waals surface area contributed by atoms with E-state index in [1.54, 1.807) is 43.3 Å². The monoisotopic (exact) mass is 451 g/mol. The average Bonchev–Trinajstić information content (AvgIpc) is 2.69. The van der Waals surface area contributed by atoms with Gasteiger partial charge < -0.3 is 4.90 Å². The number of nitrogens with zero attached hydrogens (tertiary/aromatic N) is 3. The molecule has 152 valence electrons. The first-order valence-electron chi connectivity index (χ1n) is 9.13. The highest BCUT2D eigenvalue weighted by Gasteiger charge is 2.29. The van der Waals surface area contributed by atoms with Crippen molar-refractivity contribution in [1.29, 1.82) is 0 Å². The van der Waals surface area contributed by atoms with E-state index >= 15 is 0 Å². The van der Waals surface area contributed by atoms with E-state index in [1.807, 2.05) is 19.9 Å². The van der Waals surface area contributed by atoms with Crippen LogP contribution in [0.4, 0.5) is 0 Å². The van der Waals surface area contributed by atoms with Gasteiger partial charge >= 0.3 is 0 Å². The summed E-state index contributed by atoms with van der Waals surface area (Å²) in [6.07, 6.45) is 0. The summed E-state index contributed by atoms with van der Waals surface area (Å²) in [6.45, 7) is 5.85. The molecule has 3 rings (SSSR count). The van der Waals surface area contributed by atoms with Gasteiger partial charge in [-0.25, -0.2) is 4.98 Å². The van der Waals surface area contributed by atoms with Gasteiger partial charge in [-0.1, -0.05) is 46.9 Å². The zero-order valence-electron chi connectivity index (χ0n) is 16.2. The molecule has 0 spiro atoms. The highest BCUT2D eigenvalue weighted by atomic mass is 35.5. The van der Waals surface area contributed by atoms with Crippen molar-refractivity contribution in [3.63, 3.8) is 0 Å². The van der Waals surface area contributed by atoms with Gasteiger partial charge in [0.15, 0.2) is 4.84 Å². The number of carbonyl (C=O) groups is 1. The molecule has 2 aromatic carbocycles. The van der Waals surface area contributed by atoms with Crippen LogP contribution in [0.15, 0.2) is 47.3 Å². The van der Waals surface area contributed by atoms with Crippen LogP contribution >= 0.6 is 34.8 Å². The molecule has 0 N–H and O–H groups in total. The van der Waals surface area contributed by atoms with Crippen molar-refractivity contribution >= 4 is 51.6 Å². The van der Waals surface area contributed by atoms with Gasteiger partial charge in [0.05, 0.1) is 22.6 Å². The minimum atomic E-state index is -1.20. The fraction of sp³-hybridized carbons (Fsp3) is 0.286. The number of benzene rings is 2. The first kappa shape index (κ1) is 21.6. The number of hydrogen-bond acceptors (Lipinski definition) is 3. The highest BCUT2D eigenvalue weighted by Crippen LogP contribution is 2.26. The topological polar surface area (TPSA) is 55.2 Å². The Hall–Kier alpha value is -2.08. The molecule has 0 saturated carbocycles. The summed E-state index contributed by atoms with van der Waals surface area (Å²) in [7, 11) is 0. The largest absolute Gasteiger partial charge is 0.331 e. The van der Waals surface area contributed by atoms with E-state index in [4.69, 9.17) is 39.8 Å². The smallest absolute Gasteiger partial charge is 0.266 e. The Bertz CT molecular complexity index is 1130. The number of alkyl halides is 2. The van der Waals surface area contributed by atoms with Crippen LogP contribution in [0, 0.1) is 6.92 Å². The van der Waals surface area contributed by atoms with Crippen molar-refractivity contribution in [3.05, 3.63) is 69.2 Å². The summed E-state index contributed by atoms with van der Waals surface area (Å²) < 4.78 is 1.53. The zero-order valence-corrected chi connectivity index (χ0v) is 18.5. The summed E-state index contributed by atoms with van der Waals surface area (Å²) in [5.41, 5.74) is 1.79. The van der Waals surface area contributed by atoms with Crippen molar-refractivity contribution in [1.82, 2.24) is 14.5 Å². The molecule has 1 atom stereocenters. The Morgan fingerprint density at radius 1 is 1.21 bits per heavy atom. The number of amides is 1. The molecule has 0 aliphatic carbocycles. The Kier molecular flexibility index (Phi) is 6.52. The molecule has 1 amide bonds. The van der Waals surface area contributed by atoms with Crippen molar-refractivity contribution < 1.29 is 4.79 Å². The summed E-state index contributed by atoms with van der Waals surface area (Å²) >= 11 is 17.8. The fourth-order valence-electron chi connectivity index (χ4n) is 3.42. The second-order valence-electron chi connectivity index (χ2n) is 6.66. The Labute approximate surface area is 183 Å². The number of rotatable bonds is 5. The third-order valence-corrected chi connectivity index (χ3v) is 5.46. The molecule has 0 aliphatic heterocycles. The molecule has 0 aliphatic rings. The molecule has 5 nitrogen and oxygen atoms in total. The second-order valence-corrected chi connectivity index (χ2v) is 8.19. The van der Waals surface area contributed by atoms with Crippen LogP contribution in [0.1, 0.15) is 31.3 Å². The molecule has 0 saturated heterocycles. The van der Waals surface area contributed by atoms with Gasteiger partial charge in [0, 0.05) is 11.6 Å². The molecule has 29 heavy (non-hydrogen) atoms. The maximum atomic E-state index is 13.4. The summed E-state index contributed by atoms with van der Waals surface area (Å²) in [5.74, 6) is -0.0200. The Balaban J connectivity index is 2.33. The maximum Gasteiger partial charge on any atom is 0.266 e. The molecule has 8 heteroatoms. The van der Waals surface area contributed by atoms with Gasteiger partial charge in [-0.05, 0) is 56.7 Å². The van der Waals surface area contributed by atoms with Crippen LogP contribution < -0.4 is 5.56 Å². The van der Waals surface area contributed by atoms with Crippen molar-refractivity contribution in [3.8, 4) is 5.69 Å². The number of halogens is 3. The summed E-state index contributed by atoms with van der Waals surface area (Å²) in [5, 5.41) is 1.06. The van der Waals surface area contributed by atoms with E-state index in [0.29, 0.717) is 34.0 Å². The molecular weight excluding hydrogens is 433 g/mol. The lowest BCUT2D eigenvalue weighted by atomic mass is 10.1. The van der Waals surface area contributed by atoms with Gasteiger partial charge in [0.2, 0.25) is 0 Å². The van der Waals surface area contributed by atoms with Gasteiger partial charge in [-0.3, -0.25) is 14.2 Å². The number of hydrogen-bond donors (Lipinski definition) is 0. The molecule has 0 fully saturated rings. The minimum absolute atomic E-state index is 0.223. The number of aryl methyl sites for hydroxylation is 1. The lowest BCUT2D eigenvalue weighted by Gasteiger charge is -2.30. The SMILES string of the molecule is CCN(C(=O)C(Cl)Cl)C(C)c1nc2ccccc2c(=O)n1-c1ccc(Cl)cc1C.